The van der Waals surface area contributed by atoms with Crippen molar-refractivity contribution in [1.29, 1.82) is 0 Å². The van der Waals surface area contributed by atoms with Crippen molar-refractivity contribution >= 4 is 96.7 Å². The highest BCUT2D eigenvalue weighted by Gasteiger charge is 2.19. The van der Waals surface area contributed by atoms with Crippen molar-refractivity contribution in [3.63, 3.8) is 0 Å². The molecular formula is C56H34N2S. The Bertz CT molecular complexity index is 3820. The van der Waals surface area contributed by atoms with Crippen LogP contribution < -0.4 is 0 Å². The molecule has 3 aromatic heterocycles. The van der Waals surface area contributed by atoms with Gasteiger partial charge in [0, 0.05) is 53.1 Å². The van der Waals surface area contributed by atoms with Gasteiger partial charge < -0.3 is 9.13 Å². The van der Waals surface area contributed by atoms with Gasteiger partial charge >= 0.3 is 0 Å². The first-order chi connectivity index (χ1) is 29.3. The molecule has 0 saturated heterocycles. The van der Waals surface area contributed by atoms with Gasteiger partial charge in [0.15, 0.2) is 0 Å². The van der Waals surface area contributed by atoms with Crippen molar-refractivity contribution in [3.8, 4) is 33.6 Å². The van der Waals surface area contributed by atoms with Crippen molar-refractivity contribution < 1.29 is 0 Å². The molecule has 0 N–H and O–H groups in total. The molecule has 3 heterocycles. The van der Waals surface area contributed by atoms with Crippen LogP contribution in [0.2, 0.25) is 0 Å². The van der Waals surface area contributed by atoms with Crippen LogP contribution in [0.4, 0.5) is 0 Å². The zero-order valence-corrected chi connectivity index (χ0v) is 32.7. The minimum absolute atomic E-state index is 1.15. The number of para-hydroxylation sites is 2. The van der Waals surface area contributed by atoms with Crippen LogP contribution in [0, 0.1) is 0 Å². The molecule has 59 heavy (non-hydrogen) atoms. The fraction of sp³-hybridized carbons (Fsp3) is 0. The summed E-state index contributed by atoms with van der Waals surface area (Å²) in [6.45, 7) is 0. The van der Waals surface area contributed by atoms with E-state index in [2.05, 4.69) is 215 Å². The van der Waals surface area contributed by atoms with E-state index in [-0.39, 0.29) is 0 Å². The summed E-state index contributed by atoms with van der Waals surface area (Å²) in [5.74, 6) is 0. The van der Waals surface area contributed by atoms with E-state index in [4.69, 9.17) is 0 Å². The molecule has 3 heteroatoms. The van der Waals surface area contributed by atoms with E-state index in [1.54, 1.807) is 0 Å². The van der Waals surface area contributed by atoms with Gasteiger partial charge in [-0.1, -0.05) is 146 Å². The predicted octanol–water partition coefficient (Wildman–Crippen LogP) is 15.9. The van der Waals surface area contributed by atoms with Crippen LogP contribution in [0.5, 0.6) is 0 Å². The molecule has 0 radical (unpaired) electrons. The molecule has 10 aromatic carbocycles. The van der Waals surface area contributed by atoms with E-state index < -0.39 is 0 Å². The Morgan fingerprint density at radius 1 is 0.288 bits per heavy atom. The number of benzene rings is 10. The highest BCUT2D eigenvalue weighted by Crippen LogP contribution is 2.43. The monoisotopic (exact) mass is 766 g/mol. The van der Waals surface area contributed by atoms with Crippen molar-refractivity contribution in [1.82, 2.24) is 9.13 Å². The van der Waals surface area contributed by atoms with Crippen molar-refractivity contribution in [2.75, 3.05) is 0 Å². The number of hydrogen-bond donors (Lipinski definition) is 0. The zero-order chi connectivity index (χ0) is 38.6. The molecule has 274 valence electrons. The summed E-state index contributed by atoms with van der Waals surface area (Å²) >= 11 is 1.88. The Hall–Kier alpha value is -7.46. The van der Waals surface area contributed by atoms with Gasteiger partial charge in [-0.2, -0.15) is 0 Å². The average molecular weight is 767 g/mol. The second-order valence-corrected chi connectivity index (χ2v) is 16.7. The van der Waals surface area contributed by atoms with Crippen LogP contribution in [0.25, 0.3) is 119 Å². The van der Waals surface area contributed by atoms with E-state index in [1.165, 1.54) is 108 Å². The molecule has 0 saturated carbocycles. The van der Waals surface area contributed by atoms with E-state index in [0.717, 1.165) is 11.4 Å². The van der Waals surface area contributed by atoms with Gasteiger partial charge in [0.2, 0.25) is 0 Å². The van der Waals surface area contributed by atoms with Gasteiger partial charge in [-0.25, -0.2) is 0 Å². The second kappa shape index (κ2) is 12.5. The standard InChI is InChI=1S/C56H34N2S/c1-2-13-40-37(12-1)32-48(43-15-4-3-14-42(40)43)36-26-30-39(31-27-36)58-52-22-9-6-17-45(52)50-33-49-44-16-5-8-21-51(44)57(53(49)34-54(50)58)38-28-24-35(25-29-38)41-19-11-20-47-46-18-7-10-23-55(46)59-56(41)47/h1-34H. The summed E-state index contributed by atoms with van der Waals surface area (Å²) in [6.07, 6.45) is 0. The highest BCUT2D eigenvalue weighted by molar-refractivity contribution is 7.26. The Kier molecular flexibility index (Phi) is 6.92. The lowest BCUT2D eigenvalue weighted by Crippen LogP contribution is -1.96. The van der Waals surface area contributed by atoms with Gasteiger partial charge in [-0.05, 0) is 104 Å². The van der Waals surface area contributed by atoms with Gasteiger partial charge in [-0.3, -0.25) is 0 Å². The quantitative estimate of drug-likeness (QED) is 0.158. The third kappa shape index (κ3) is 4.80. The molecule has 0 unspecified atom stereocenters. The molecule has 0 aliphatic rings. The summed E-state index contributed by atoms with van der Waals surface area (Å²) < 4.78 is 7.56. The molecular weight excluding hydrogens is 733 g/mol. The van der Waals surface area contributed by atoms with Gasteiger partial charge in [0.1, 0.15) is 0 Å². The summed E-state index contributed by atoms with van der Waals surface area (Å²) in [7, 11) is 0. The van der Waals surface area contributed by atoms with E-state index in [0.29, 0.717) is 0 Å². The SMILES string of the molecule is c1ccc2c(c1)cc(-c1ccc(-n3c4ccccc4c4cc5c6ccccc6n(-c6ccc(-c7cccc8c7sc7ccccc78)cc6)c5cc43)cc1)c1ccccc12. The largest absolute Gasteiger partial charge is 0.309 e. The molecule has 0 fully saturated rings. The average Bonchev–Trinajstić information content (AvgIpc) is 3.95. The first kappa shape index (κ1) is 32.6. The number of thiophene rings is 1. The van der Waals surface area contributed by atoms with Crippen LogP contribution >= 0.6 is 11.3 Å². The molecule has 13 rings (SSSR count). The smallest absolute Gasteiger partial charge is 0.0562 e. The highest BCUT2D eigenvalue weighted by atomic mass is 32.1. The molecule has 0 aliphatic heterocycles. The van der Waals surface area contributed by atoms with Crippen LogP contribution in [0.15, 0.2) is 206 Å². The van der Waals surface area contributed by atoms with Gasteiger partial charge in [-0.15, -0.1) is 11.3 Å². The number of nitrogens with zero attached hydrogens (tertiary/aromatic N) is 2. The number of rotatable bonds is 4. The third-order valence-electron chi connectivity index (χ3n) is 12.5. The first-order valence-corrected chi connectivity index (χ1v) is 21.1. The molecule has 0 atom stereocenters. The maximum Gasteiger partial charge on any atom is 0.0562 e. The molecule has 13 aromatic rings. The van der Waals surface area contributed by atoms with Gasteiger partial charge in [0.25, 0.3) is 0 Å². The minimum Gasteiger partial charge on any atom is -0.309 e. The zero-order valence-electron chi connectivity index (χ0n) is 31.9. The fourth-order valence-electron chi connectivity index (χ4n) is 9.84. The predicted molar refractivity (Wildman–Crippen MR) is 254 cm³/mol. The minimum atomic E-state index is 1.15. The van der Waals surface area contributed by atoms with Crippen molar-refractivity contribution in [3.05, 3.63) is 206 Å². The van der Waals surface area contributed by atoms with Crippen LogP contribution in [0.3, 0.4) is 0 Å². The lowest BCUT2D eigenvalue weighted by molar-refractivity contribution is 1.16. The topological polar surface area (TPSA) is 9.86 Å². The van der Waals surface area contributed by atoms with Crippen LogP contribution in [-0.4, -0.2) is 9.13 Å². The van der Waals surface area contributed by atoms with E-state index in [1.807, 2.05) is 11.3 Å². The molecule has 0 aliphatic carbocycles. The second-order valence-electron chi connectivity index (χ2n) is 15.7. The molecule has 0 spiro atoms. The summed E-state index contributed by atoms with van der Waals surface area (Å²) in [5.41, 5.74) is 12.1. The third-order valence-corrected chi connectivity index (χ3v) is 13.7. The van der Waals surface area contributed by atoms with Crippen LogP contribution in [-0.2, 0) is 0 Å². The Labute approximate surface area is 344 Å². The van der Waals surface area contributed by atoms with Crippen LogP contribution in [0.1, 0.15) is 0 Å². The molecule has 0 amide bonds. The number of aromatic nitrogens is 2. The Balaban J connectivity index is 0.984. The van der Waals surface area contributed by atoms with E-state index in [9.17, 15) is 0 Å². The Morgan fingerprint density at radius 2 is 0.797 bits per heavy atom. The molecule has 2 nitrogen and oxygen atoms in total. The van der Waals surface area contributed by atoms with E-state index >= 15 is 0 Å². The van der Waals surface area contributed by atoms with Crippen molar-refractivity contribution in [2.24, 2.45) is 0 Å². The number of hydrogen-bond acceptors (Lipinski definition) is 1. The first-order valence-electron chi connectivity index (χ1n) is 20.3. The van der Waals surface area contributed by atoms with Crippen molar-refractivity contribution in [2.45, 2.75) is 0 Å². The summed E-state index contributed by atoms with van der Waals surface area (Å²) in [6, 6.07) is 76.2. The maximum absolute atomic E-state index is 2.45. The summed E-state index contributed by atoms with van der Waals surface area (Å²) in [5, 5.41) is 12.8. The normalized spacial score (nSPS) is 12.1. The fourth-order valence-corrected chi connectivity index (χ4v) is 11.1. The lowest BCUT2D eigenvalue weighted by atomic mass is 9.93. The molecule has 0 bridgehead atoms. The lowest BCUT2D eigenvalue weighted by Gasteiger charge is -2.13. The van der Waals surface area contributed by atoms with Gasteiger partial charge in [0.05, 0.1) is 22.1 Å². The Morgan fingerprint density at radius 3 is 1.46 bits per heavy atom. The maximum atomic E-state index is 2.45. The summed E-state index contributed by atoms with van der Waals surface area (Å²) in [4.78, 5) is 0. The number of fused-ring (bicyclic) bond motifs is 12.